The van der Waals surface area contributed by atoms with Crippen molar-refractivity contribution in [2.24, 2.45) is 5.92 Å². The molecule has 1 aromatic rings. The summed E-state index contributed by atoms with van der Waals surface area (Å²) in [4.78, 5) is 0. The fourth-order valence-electron chi connectivity index (χ4n) is 2.06. The van der Waals surface area contributed by atoms with Gasteiger partial charge in [0.05, 0.1) is 20.3 Å². The molecule has 4 heteroatoms. The lowest BCUT2D eigenvalue weighted by Gasteiger charge is -2.22. The van der Waals surface area contributed by atoms with Crippen molar-refractivity contribution in [2.75, 3.05) is 20.8 Å². The molecule has 0 saturated heterocycles. The van der Waals surface area contributed by atoms with Crippen molar-refractivity contribution in [3.63, 3.8) is 0 Å². The third-order valence-corrected chi connectivity index (χ3v) is 3.84. The monoisotopic (exact) mass is 281 g/mol. The van der Waals surface area contributed by atoms with Crippen molar-refractivity contribution < 1.29 is 14.6 Å². The molecule has 3 atom stereocenters. The van der Waals surface area contributed by atoms with Crippen LogP contribution in [0.5, 0.6) is 11.5 Å². The lowest BCUT2D eigenvalue weighted by Crippen LogP contribution is -2.33. The first-order chi connectivity index (χ1) is 9.53. The maximum Gasteiger partial charge on any atom is 0.127 e. The third-order valence-electron chi connectivity index (χ3n) is 3.84. The van der Waals surface area contributed by atoms with Gasteiger partial charge in [0.2, 0.25) is 0 Å². The average Bonchev–Trinajstić information content (AvgIpc) is 2.50. The molecule has 1 aromatic carbocycles. The molecule has 0 saturated carbocycles. The molecule has 0 amide bonds. The molecule has 2 N–H and O–H groups in total. The van der Waals surface area contributed by atoms with E-state index in [1.165, 1.54) is 0 Å². The predicted molar refractivity (Wildman–Crippen MR) is 81.4 cm³/mol. The van der Waals surface area contributed by atoms with E-state index in [9.17, 15) is 5.11 Å². The zero-order valence-electron chi connectivity index (χ0n) is 13.1. The quantitative estimate of drug-likeness (QED) is 0.769. The normalized spacial score (nSPS) is 15.5. The van der Waals surface area contributed by atoms with Gasteiger partial charge in [0.1, 0.15) is 11.5 Å². The number of nitrogens with one attached hydrogen (secondary N) is 1. The average molecular weight is 281 g/mol. The maximum atomic E-state index is 10.0. The molecule has 0 bridgehead atoms. The molecule has 1 rings (SSSR count). The number of hydrogen-bond acceptors (Lipinski definition) is 4. The molecule has 0 spiro atoms. The zero-order valence-corrected chi connectivity index (χ0v) is 13.1. The van der Waals surface area contributed by atoms with Gasteiger partial charge in [-0.05, 0) is 18.9 Å². The molecule has 20 heavy (non-hydrogen) atoms. The minimum atomic E-state index is -0.327. The maximum absolute atomic E-state index is 10.0. The highest BCUT2D eigenvalue weighted by Crippen LogP contribution is 2.29. The van der Waals surface area contributed by atoms with E-state index in [1.807, 2.05) is 18.2 Å². The van der Waals surface area contributed by atoms with Crippen LogP contribution in [0.4, 0.5) is 0 Å². The van der Waals surface area contributed by atoms with Gasteiger partial charge in [-0.2, -0.15) is 0 Å². The number of ether oxygens (including phenoxy) is 2. The first kappa shape index (κ1) is 16.8. The van der Waals surface area contributed by atoms with Gasteiger partial charge >= 0.3 is 0 Å². The first-order valence-electron chi connectivity index (χ1n) is 7.16. The standard InChI is InChI=1S/C16H27NO3/c1-6-11(2)15(18)10-17-12(3)14-8-7-13(19-4)9-16(14)20-5/h7-9,11-12,15,17-18H,6,10H2,1-5H3. The molecule has 4 nitrogen and oxygen atoms in total. The van der Waals surface area contributed by atoms with Crippen LogP contribution >= 0.6 is 0 Å². The van der Waals surface area contributed by atoms with E-state index in [-0.39, 0.29) is 12.1 Å². The van der Waals surface area contributed by atoms with Crippen LogP contribution in [-0.4, -0.2) is 32.0 Å². The highest BCUT2D eigenvalue weighted by atomic mass is 16.5. The van der Waals surface area contributed by atoms with Crippen LogP contribution in [0.1, 0.15) is 38.8 Å². The fraction of sp³-hybridized carbons (Fsp3) is 0.625. The lowest BCUT2D eigenvalue weighted by molar-refractivity contribution is 0.110. The van der Waals surface area contributed by atoms with Gasteiger partial charge in [-0.25, -0.2) is 0 Å². The minimum absolute atomic E-state index is 0.106. The summed E-state index contributed by atoms with van der Waals surface area (Å²) < 4.78 is 10.6. The van der Waals surface area contributed by atoms with Gasteiger partial charge in [0.15, 0.2) is 0 Å². The number of aliphatic hydroxyl groups excluding tert-OH is 1. The third kappa shape index (κ3) is 4.39. The van der Waals surface area contributed by atoms with E-state index in [1.54, 1.807) is 14.2 Å². The first-order valence-corrected chi connectivity index (χ1v) is 7.16. The summed E-state index contributed by atoms with van der Waals surface area (Å²) in [6, 6.07) is 5.89. The topological polar surface area (TPSA) is 50.7 Å². The molecule has 0 aliphatic carbocycles. The zero-order chi connectivity index (χ0) is 15.1. The smallest absolute Gasteiger partial charge is 0.127 e. The van der Waals surface area contributed by atoms with Gasteiger partial charge in [-0.3, -0.25) is 0 Å². The predicted octanol–water partition coefficient (Wildman–Crippen LogP) is 2.76. The Bertz CT molecular complexity index is 409. The van der Waals surface area contributed by atoms with E-state index in [4.69, 9.17) is 9.47 Å². The van der Waals surface area contributed by atoms with Crippen molar-refractivity contribution in [3.05, 3.63) is 23.8 Å². The lowest BCUT2D eigenvalue weighted by atomic mass is 10.0. The second kappa shape index (κ2) is 8.12. The van der Waals surface area contributed by atoms with Crippen molar-refractivity contribution in [3.8, 4) is 11.5 Å². The molecule has 0 aromatic heterocycles. The molecule has 0 aliphatic rings. The highest BCUT2D eigenvalue weighted by Gasteiger charge is 2.16. The van der Waals surface area contributed by atoms with Crippen LogP contribution in [0, 0.1) is 5.92 Å². The molecule has 0 heterocycles. The Hall–Kier alpha value is -1.26. The SMILES string of the molecule is CCC(C)C(O)CNC(C)c1ccc(OC)cc1OC. The number of benzene rings is 1. The van der Waals surface area contributed by atoms with Gasteiger partial charge in [-0.15, -0.1) is 0 Å². The number of aliphatic hydroxyl groups is 1. The van der Waals surface area contributed by atoms with Crippen LogP contribution in [0.25, 0.3) is 0 Å². The van der Waals surface area contributed by atoms with Crippen molar-refractivity contribution in [2.45, 2.75) is 39.3 Å². The molecule has 114 valence electrons. The molecular formula is C16H27NO3. The fourth-order valence-corrected chi connectivity index (χ4v) is 2.06. The van der Waals surface area contributed by atoms with Crippen LogP contribution in [0.3, 0.4) is 0 Å². The van der Waals surface area contributed by atoms with E-state index < -0.39 is 0 Å². The van der Waals surface area contributed by atoms with Crippen LogP contribution < -0.4 is 14.8 Å². The van der Waals surface area contributed by atoms with Crippen molar-refractivity contribution in [1.29, 1.82) is 0 Å². The van der Waals surface area contributed by atoms with Crippen molar-refractivity contribution >= 4 is 0 Å². The molecular weight excluding hydrogens is 254 g/mol. The van der Waals surface area contributed by atoms with Crippen LogP contribution in [0.15, 0.2) is 18.2 Å². The number of hydrogen-bond donors (Lipinski definition) is 2. The van der Waals surface area contributed by atoms with Crippen molar-refractivity contribution in [1.82, 2.24) is 5.32 Å². The Morgan fingerprint density at radius 3 is 2.45 bits per heavy atom. The van der Waals surface area contributed by atoms with Gasteiger partial charge in [-0.1, -0.05) is 26.3 Å². The van der Waals surface area contributed by atoms with E-state index in [0.717, 1.165) is 23.5 Å². The highest BCUT2D eigenvalue weighted by molar-refractivity contribution is 5.42. The summed E-state index contributed by atoms with van der Waals surface area (Å²) >= 11 is 0. The Labute approximate surface area is 122 Å². The second-order valence-electron chi connectivity index (χ2n) is 5.19. The molecule has 0 aliphatic heterocycles. The van der Waals surface area contributed by atoms with Gasteiger partial charge in [0.25, 0.3) is 0 Å². The van der Waals surface area contributed by atoms with Crippen LogP contribution in [-0.2, 0) is 0 Å². The van der Waals surface area contributed by atoms with E-state index in [2.05, 4.69) is 26.1 Å². The summed E-state index contributed by atoms with van der Waals surface area (Å²) in [6.07, 6.45) is 0.648. The summed E-state index contributed by atoms with van der Waals surface area (Å²) in [5.74, 6) is 1.87. The van der Waals surface area contributed by atoms with E-state index in [0.29, 0.717) is 12.5 Å². The van der Waals surface area contributed by atoms with Gasteiger partial charge in [0, 0.05) is 24.2 Å². The number of methoxy groups -OCH3 is 2. The number of rotatable bonds is 8. The second-order valence-corrected chi connectivity index (χ2v) is 5.19. The molecule has 3 unspecified atom stereocenters. The van der Waals surface area contributed by atoms with Gasteiger partial charge < -0.3 is 19.9 Å². The Morgan fingerprint density at radius 2 is 1.90 bits per heavy atom. The molecule has 0 radical (unpaired) electrons. The largest absolute Gasteiger partial charge is 0.497 e. The minimum Gasteiger partial charge on any atom is -0.497 e. The summed E-state index contributed by atoms with van der Waals surface area (Å²) in [7, 11) is 3.29. The summed E-state index contributed by atoms with van der Waals surface area (Å²) in [5.41, 5.74) is 1.06. The van der Waals surface area contributed by atoms with E-state index >= 15 is 0 Å². The Balaban J connectivity index is 2.69. The Kier molecular flexibility index (Phi) is 6.82. The summed E-state index contributed by atoms with van der Waals surface area (Å²) in [5, 5.41) is 13.4. The Morgan fingerprint density at radius 1 is 1.20 bits per heavy atom. The van der Waals surface area contributed by atoms with Crippen LogP contribution in [0.2, 0.25) is 0 Å². The summed E-state index contributed by atoms with van der Waals surface area (Å²) in [6.45, 7) is 6.79. The molecule has 0 fully saturated rings.